The number of rotatable bonds is 5. The minimum absolute atomic E-state index is 0.00403. The highest BCUT2D eigenvalue weighted by atomic mass is 79.9. The standard InChI is InChI=1S/C14H14BrFN2O2/c1-3-6-18-13(12(20-2)8-17-18)14(19)10-5-4-9(15)7-11(10)16/h4-5,7-8H,3,6H2,1-2H3. The largest absolute Gasteiger partial charge is 0.493 e. The molecular weight excluding hydrogens is 327 g/mol. The molecule has 0 saturated heterocycles. The van der Waals surface area contributed by atoms with Crippen molar-refractivity contribution in [2.24, 2.45) is 0 Å². The van der Waals surface area contributed by atoms with Gasteiger partial charge in [-0.2, -0.15) is 5.10 Å². The summed E-state index contributed by atoms with van der Waals surface area (Å²) in [4.78, 5) is 12.5. The predicted octanol–water partition coefficient (Wildman–Crippen LogP) is 3.43. The fourth-order valence-electron chi connectivity index (χ4n) is 1.93. The Morgan fingerprint density at radius 3 is 2.85 bits per heavy atom. The molecule has 0 aliphatic carbocycles. The smallest absolute Gasteiger partial charge is 0.217 e. The van der Waals surface area contributed by atoms with Crippen LogP contribution in [-0.2, 0) is 6.54 Å². The molecule has 2 rings (SSSR count). The van der Waals surface area contributed by atoms with E-state index in [0.717, 1.165) is 6.42 Å². The van der Waals surface area contributed by atoms with Gasteiger partial charge in [-0.15, -0.1) is 0 Å². The second kappa shape index (κ2) is 6.17. The van der Waals surface area contributed by atoms with Crippen molar-refractivity contribution < 1.29 is 13.9 Å². The zero-order valence-corrected chi connectivity index (χ0v) is 12.8. The molecule has 0 fully saturated rings. The highest BCUT2D eigenvalue weighted by Gasteiger charge is 2.23. The first-order valence-corrected chi connectivity index (χ1v) is 6.97. The quantitative estimate of drug-likeness (QED) is 0.783. The molecule has 0 bridgehead atoms. The van der Waals surface area contributed by atoms with E-state index in [4.69, 9.17) is 4.74 Å². The SMILES string of the molecule is CCCn1ncc(OC)c1C(=O)c1ccc(Br)cc1F. The summed E-state index contributed by atoms with van der Waals surface area (Å²) in [5, 5.41) is 4.11. The number of benzene rings is 1. The van der Waals surface area contributed by atoms with Crippen molar-refractivity contribution >= 4 is 21.7 Å². The maximum absolute atomic E-state index is 13.9. The second-order valence-corrected chi connectivity index (χ2v) is 5.15. The van der Waals surface area contributed by atoms with E-state index in [1.807, 2.05) is 6.92 Å². The summed E-state index contributed by atoms with van der Waals surface area (Å²) in [6.07, 6.45) is 2.29. The van der Waals surface area contributed by atoms with Crippen molar-refractivity contribution in [2.75, 3.05) is 7.11 Å². The highest BCUT2D eigenvalue weighted by molar-refractivity contribution is 9.10. The van der Waals surface area contributed by atoms with Gasteiger partial charge >= 0.3 is 0 Å². The summed E-state index contributed by atoms with van der Waals surface area (Å²) in [6.45, 7) is 2.55. The lowest BCUT2D eigenvalue weighted by atomic mass is 10.1. The van der Waals surface area contributed by atoms with Gasteiger partial charge in [-0.25, -0.2) is 4.39 Å². The van der Waals surface area contributed by atoms with Crippen LogP contribution in [0.15, 0.2) is 28.9 Å². The summed E-state index contributed by atoms with van der Waals surface area (Å²) in [7, 11) is 1.46. The summed E-state index contributed by atoms with van der Waals surface area (Å²) < 4.78 is 21.2. The van der Waals surface area contributed by atoms with Crippen LogP contribution in [0.1, 0.15) is 29.4 Å². The van der Waals surface area contributed by atoms with Gasteiger partial charge in [0.05, 0.1) is 18.9 Å². The molecule has 1 aromatic carbocycles. The third kappa shape index (κ3) is 2.75. The molecule has 0 amide bonds. The molecule has 0 aliphatic rings. The van der Waals surface area contributed by atoms with E-state index in [9.17, 15) is 9.18 Å². The Morgan fingerprint density at radius 2 is 2.25 bits per heavy atom. The van der Waals surface area contributed by atoms with E-state index in [1.165, 1.54) is 25.4 Å². The number of ether oxygens (including phenoxy) is 1. The molecule has 0 unspecified atom stereocenters. The monoisotopic (exact) mass is 340 g/mol. The highest BCUT2D eigenvalue weighted by Crippen LogP contribution is 2.24. The Labute approximate surface area is 124 Å². The lowest BCUT2D eigenvalue weighted by Gasteiger charge is -2.08. The number of aryl methyl sites for hydroxylation is 1. The van der Waals surface area contributed by atoms with Gasteiger partial charge in [-0.05, 0) is 24.6 Å². The Morgan fingerprint density at radius 1 is 1.50 bits per heavy atom. The van der Waals surface area contributed by atoms with Crippen molar-refractivity contribution in [3.8, 4) is 5.75 Å². The molecule has 1 heterocycles. The molecule has 0 atom stereocenters. The normalized spacial score (nSPS) is 10.6. The first-order chi connectivity index (χ1) is 9.58. The van der Waals surface area contributed by atoms with Crippen molar-refractivity contribution in [2.45, 2.75) is 19.9 Å². The van der Waals surface area contributed by atoms with Crippen molar-refractivity contribution in [3.05, 3.63) is 45.9 Å². The number of aromatic nitrogens is 2. The van der Waals surface area contributed by atoms with Crippen LogP contribution < -0.4 is 4.74 Å². The predicted molar refractivity (Wildman–Crippen MR) is 76.6 cm³/mol. The van der Waals surface area contributed by atoms with Crippen LogP contribution in [0.25, 0.3) is 0 Å². The van der Waals surface area contributed by atoms with Crippen LogP contribution in [0.3, 0.4) is 0 Å². The zero-order valence-electron chi connectivity index (χ0n) is 11.2. The van der Waals surface area contributed by atoms with Crippen LogP contribution >= 0.6 is 15.9 Å². The van der Waals surface area contributed by atoms with E-state index < -0.39 is 11.6 Å². The average molecular weight is 341 g/mol. The Hall–Kier alpha value is -1.69. The molecular formula is C14H14BrFN2O2. The number of hydrogen-bond acceptors (Lipinski definition) is 3. The van der Waals surface area contributed by atoms with E-state index in [2.05, 4.69) is 21.0 Å². The van der Waals surface area contributed by atoms with E-state index in [1.54, 1.807) is 10.7 Å². The number of nitrogens with zero attached hydrogens (tertiary/aromatic N) is 2. The van der Waals surface area contributed by atoms with Crippen LogP contribution in [0.2, 0.25) is 0 Å². The van der Waals surface area contributed by atoms with Crippen molar-refractivity contribution in [3.63, 3.8) is 0 Å². The summed E-state index contributed by atoms with van der Waals surface area (Å²) in [5.41, 5.74) is 0.278. The molecule has 0 radical (unpaired) electrons. The molecule has 20 heavy (non-hydrogen) atoms. The third-order valence-corrected chi connectivity index (χ3v) is 3.35. The number of halogens is 2. The van der Waals surface area contributed by atoms with E-state index >= 15 is 0 Å². The first-order valence-electron chi connectivity index (χ1n) is 6.18. The Kier molecular flexibility index (Phi) is 4.54. The molecule has 0 saturated carbocycles. The molecule has 2 aromatic rings. The molecule has 4 nitrogen and oxygen atoms in total. The third-order valence-electron chi connectivity index (χ3n) is 2.85. The molecule has 0 N–H and O–H groups in total. The number of carbonyl (C=O) groups is 1. The van der Waals surface area contributed by atoms with Crippen molar-refractivity contribution in [1.82, 2.24) is 9.78 Å². The summed E-state index contributed by atoms with van der Waals surface area (Å²) >= 11 is 3.17. The summed E-state index contributed by atoms with van der Waals surface area (Å²) in [5.74, 6) is -0.653. The lowest BCUT2D eigenvalue weighted by molar-refractivity contribution is 0.102. The Balaban J connectivity index is 2.49. The number of carbonyl (C=O) groups excluding carboxylic acids is 1. The molecule has 0 spiro atoms. The lowest BCUT2D eigenvalue weighted by Crippen LogP contribution is -2.13. The van der Waals surface area contributed by atoms with Crippen LogP contribution in [0.5, 0.6) is 5.75 Å². The zero-order chi connectivity index (χ0) is 14.7. The minimum Gasteiger partial charge on any atom is -0.493 e. The van der Waals surface area contributed by atoms with Crippen LogP contribution in [0.4, 0.5) is 4.39 Å². The second-order valence-electron chi connectivity index (χ2n) is 4.24. The van der Waals surface area contributed by atoms with E-state index in [0.29, 0.717) is 16.8 Å². The van der Waals surface area contributed by atoms with Gasteiger partial charge in [0.2, 0.25) is 5.78 Å². The van der Waals surface area contributed by atoms with E-state index in [-0.39, 0.29) is 11.3 Å². The maximum Gasteiger partial charge on any atom is 0.217 e. The van der Waals surface area contributed by atoms with Gasteiger partial charge < -0.3 is 4.74 Å². The average Bonchev–Trinajstić information content (AvgIpc) is 2.81. The van der Waals surface area contributed by atoms with Gasteiger partial charge in [0.15, 0.2) is 11.4 Å². The molecule has 6 heteroatoms. The molecule has 0 aliphatic heterocycles. The Bertz CT molecular complexity index is 640. The minimum atomic E-state index is -0.573. The van der Waals surface area contributed by atoms with Crippen LogP contribution in [0, 0.1) is 5.82 Å². The molecule has 1 aromatic heterocycles. The maximum atomic E-state index is 13.9. The van der Waals surface area contributed by atoms with Gasteiger partial charge in [-0.3, -0.25) is 9.48 Å². The van der Waals surface area contributed by atoms with Gasteiger partial charge in [-0.1, -0.05) is 22.9 Å². The molecule has 106 valence electrons. The van der Waals surface area contributed by atoms with Gasteiger partial charge in [0, 0.05) is 11.0 Å². The van der Waals surface area contributed by atoms with Gasteiger partial charge in [0.1, 0.15) is 5.82 Å². The van der Waals surface area contributed by atoms with Gasteiger partial charge in [0.25, 0.3) is 0 Å². The number of methoxy groups -OCH3 is 1. The summed E-state index contributed by atoms with van der Waals surface area (Å²) in [6, 6.07) is 4.34. The van der Waals surface area contributed by atoms with Crippen molar-refractivity contribution in [1.29, 1.82) is 0 Å². The topological polar surface area (TPSA) is 44.1 Å². The number of ketones is 1. The first kappa shape index (κ1) is 14.7. The number of hydrogen-bond donors (Lipinski definition) is 0. The van der Waals surface area contributed by atoms with Crippen LogP contribution in [-0.4, -0.2) is 22.7 Å². The fraction of sp³-hybridized carbons (Fsp3) is 0.286. The fourth-order valence-corrected chi connectivity index (χ4v) is 2.26.